The van der Waals surface area contributed by atoms with Crippen LogP contribution in [0.15, 0.2) is 12.5 Å². The maximum absolute atomic E-state index is 10.8. The summed E-state index contributed by atoms with van der Waals surface area (Å²) in [6.45, 7) is 2.29. The largest absolute Gasteiger partial charge is 0.359 e. The van der Waals surface area contributed by atoms with E-state index in [4.69, 9.17) is 11.6 Å². The molecule has 0 amide bonds. The summed E-state index contributed by atoms with van der Waals surface area (Å²) < 4.78 is 0. The van der Waals surface area contributed by atoms with Gasteiger partial charge in [0.25, 0.3) is 0 Å². The van der Waals surface area contributed by atoms with E-state index < -0.39 is 4.92 Å². The molecule has 0 aliphatic rings. The summed E-state index contributed by atoms with van der Waals surface area (Å²) in [4.78, 5) is 22.7. The molecule has 0 spiro atoms. The third kappa shape index (κ3) is 2.71. The van der Waals surface area contributed by atoms with Crippen LogP contribution in [-0.2, 0) is 6.54 Å². The first-order valence-electron chi connectivity index (χ1n) is 4.88. The third-order valence-electron chi connectivity index (χ3n) is 2.06. The Balaban J connectivity index is 2.19. The van der Waals surface area contributed by atoms with E-state index in [0.717, 1.165) is 9.88 Å². The number of nitrogens with zero attached hydrogens (tertiary/aromatic N) is 4. The van der Waals surface area contributed by atoms with Gasteiger partial charge in [0.1, 0.15) is 6.33 Å². The molecule has 0 aliphatic heterocycles. The number of thiazole rings is 1. The van der Waals surface area contributed by atoms with Crippen LogP contribution in [0, 0.1) is 17.0 Å². The predicted molar refractivity (Wildman–Crippen MR) is 67.9 cm³/mol. The van der Waals surface area contributed by atoms with Crippen LogP contribution in [0.5, 0.6) is 0 Å². The number of halogens is 1. The number of hydrogen-bond donors (Lipinski definition) is 1. The molecule has 2 aromatic rings. The maximum atomic E-state index is 10.8. The van der Waals surface area contributed by atoms with E-state index in [1.807, 2.05) is 6.92 Å². The lowest BCUT2D eigenvalue weighted by atomic mass is 10.4. The molecule has 0 bridgehead atoms. The summed E-state index contributed by atoms with van der Waals surface area (Å²) in [6.07, 6.45) is 2.89. The average Bonchev–Trinajstić information content (AvgIpc) is 2.72. The minimum absolute atomic E-state index is 0.103. The summed E-state index contributed by atoms with van der Waals surface area (Å²) in [5, 5.41) is 14.5. The van der Waals surface area contributed by atoms with Crippen LogP contribution in [-0.4, -0.2) is 19.9 Å². The molecule has 94 valence electrons. The quantitative estimate of drug-likeness (QED) is 0.527. The van der Waals surface area contributed by atoms with Gasteiger partial charge in [-0.2, -0.15) is 0 Å². The molecule has 0 saturated heterocycles. The molecular weight excluding hydrogens is 278 g/mol. The van der Waals surface area contributed by atoms with Crippen LogP contribution < -0.4 is 5.32 Å². The van der Waals surface area contributed by atoms with Crippen molar-refractivity contribution in [3.63, 3.8) is 0 Å². The minimum Gasteiger partial charge on any atom is -0.359 e. The van der Waals surface area contributed by atoms with Crippen molar-refractivity contribution in [2.45, 2.75) is 13.5 Å². The van der Waals surface area contributed by atoms with Crippen LogP contribution in [0.1, 0.15) is 9.88 Å². The van der Waals surface area contributed by atoms with E-state index in [-0.39, 0.29) is 16.7 Å². The Morgan fingerprint density at radius 3 is 2.89 bits per heavy atom. The molecule has 0 atom stereocenters. The molecule has 2 aromatic heterocycles. The molecule has 0 fully saturated rings. The molecule has 2 rings (SSSR count). The molecule has 18 heavy (non-hydrogen) atoms. The summed E-state index contributed by atoms with van der Waals surface area (Å²) >= 11 is 7.17. The molecule has 7 nitrogen and oxygen atoms in total. The van der Waals surface area contributed by atoms with Crippen molar-refractivity contribution in [3.05, 3.63) is 37.7 Å². The highest BCUT2D eigenvalue weighted by Crippen LogP contribution is 2.28. The molecule has 0 aliphatic carbocycles. The molecule has 0 aromatic carbocycles. The Labute approximate surface area is 111 Å². The van der Waals surface area contributed by atoms with Crippen molar-refractivity contribution in [1.29, 1.82) is 0 Å². The van der Waals surface area contributed by atoms with Gasteiger partial charge in [0.05, 0.1) is 16.5 Å². The molecule has 2 heterocycles. The normalized spacial score (nSPS) is 10.3. The third-order valence-corrected chi connectivity index (χ3v) is 3.25. The van der Waals surface area contributed by atoms with Crippen LogP contribution in [0.4, 0.5) is 11.5 Å². The van der Waals surface area contributed by atoms with Gasteiger partial charge in [-0.15, -0.1) is 11.3 Å². The van der Waals surface area contributed by atoms with Crippen LogP contribution in [0.2, 0.25) is 5.15 Å². The second kappa shape index (κ2) is 5.23. The molecule has 0 radical (unpaired) electrons. The van der Waals surface area contributed by atoms with Crippen molar-refractivity contribution in [3.8, 4) is 0 Å². The SMILES string of the molecule is Cc1ncc(CNc2ncnc(Cl)c2[N+](=O)[O-])s1. The van der Waals surface area contributed by atoms with Crippen molar-refractivity contribution in [2.24, 2.45) is 0 Å². The number of aryl methyl sites for hydroxylation is 1. The van der Waals surface area contributed by atoms with Gasteiger partial charge in [0.15, 0.2) is 0 Å². The smallest absolute Gasteiger partial charge is 0.348 e. The average molecular weight is 286 g/mol. The molecule has 0 unspecified atom stereocenters. The fourth-order valence-electron chi connectivity index (χ4n) is 1.31. The zero-order valence-electron chi connectivity index (χ0n) is 9.25. The number of anilines is 1. The van der Waals surface area contributed by atoms with E-state index in [0.29, 0.717) is 6.54 Å². The van der Waals surface area contributed by atoms with Gasteiger partial charge in [-0.25, -0.2) is 15.0 Å². The van der Waals surface area contributed by atoms with Gasteiger partial charge in [0, 0.05) is 11.1 Å². The Bertz CT molecular complexity index is 588. The summed E-state index contributed by atoms with van der Waals surface area (Å²) in [5.74, 6) is 0.103. The summed E-state index contributed by atoms with van der Waals surface area (Å²) in [6, 6.07) is 0. The highest BCUT2D eigenvalue weighted by Gasteiger charge is 2.21. The number of nitrogens with one attached hydrogen (secondary N) is 1. The van der Waals surface area contributed by atoms with Gasteiger partial charge >= 0.3 is 5.69 Å². The highest BCUT2D eigenvalue weighted by atomic mass is 35.5. The predicted octanol–water partition coefficient (Wildman–Crippen LogP) is 2.42. The van der Waals surface area contributed by atoms with E-state index in [9.17, 15) is 10.1 Å². The first-order chi connectivity index (χ1) is 8.58. The first-order valence-corrected chi connectivity index (χ1v) is 6.07. The number of nitro groups is 1. The zero-order chi connectivity index (χ0) is 13.1. The lowest BCUT2D eigenvalue weighted by Gasteiger charge is -2.04. The van der Waals surface area contributed by atoms with Crippen LogP contribution >= 0.6 is 22.9 Å². The monoisotopic (exact) mass is 285 g/mol. The van der Waals surface area contributed by atoms with Gasteiger partial charge in [-0.1, -0.05) is 11.6 Å². The van der Waals surface area contributed by atoms with Gasteiger partial charge in [-0.3, -0.25) is 10.1 Å². The number of rotatable bonds is 4. The number of hydrogen-bond acceptors (Lipinski definition) is 7. The zero-order valence-corrected chi connectivity index (χ0v) is 10.8. The van der Waals surface area contributed by atoms with Crippen molar-refractivity contribution < 1.29 is 4.92 Å². The Hall–Kier alpha value is -1.80. The second-order valence-electron chi connectivity index (χ2n) is 3.32. The molecule has 9 heteroatoms. The Kier molecular flexibility index (Phi) is 3.68. The van der Waals surface area contributed by atoms with Crippen LogP contribution in [0.3, 0.4) is 0 Å². The summed E-state index contributed by atoms with van der Waals surface area (Å²) in [5.41, 5.74) is -0.319. The Morgan fingerprint density at radius 1 is 1.50 bits per heavy atom. The first kappa shape index (κ1) is 12.7. The maximum Gasteiger partial charge on any atom is 0.348 e. The second-order valence-corrected chi connectivity index (χ2v) is 5.00. The minimum atomic E-state index is -0.609. The van der Waals surface area contributed by atoms with Crippen molar-refractivity contribution >= 4 is 34.4 Å². The molecule has 1 N–H and O–H groups in total. The standard InChI is InChI=1S/C9H8ClN5O2S/c1-5-11-2-6(18-5)3-12-9-7(15(16)17)8(10)13-4-14-9/h2,4H,3H2,1H3,(H,12,13,14). The lowest BCUT2D eigenvalue weighted by Crippen LogP contribution is -2.05. The van der Waals surface area contributed by atoms with Gasteiger partial charge in [-0.05, 0) is 6.92 Å². The highest BCUT2D eigenvalue weighted by molar-refractivity contribution is 7.11. The van der Waals surface area contributed by atoms with Gasteiger partial charge in [0.2, 0.25) is 11.0 Å². The van der Waals surface area contributed by atoms with Crippen molar-refractivity contribution in [2.75, 3.05) is 5.32 Å². The number of aromatic nitrogens is 3. The molecule has 0 saturated carbocycles. The van der Waals surface area contributed by atoms with E-state index >= 15 is 0 Å². The fraction of sp³-hybridized carbons (Fsp3) is 0.222. The van der Waals surface area contributed by atoms with Crippen molar-refractivity contribution in [1.82, 2.24) is 15.0 Å². The van der Waals surface area contributed by atoms with E-state index in [2.05, 4.69) is 20.3 Å². The van der Waals surface area contributed by atoms with Crippen LogP contribution in [0.25, 0.3) is 0 Å². The molecular formula is C9H8ClN5O2S. The lowest BCUT2D eigenvalue weighted by molar-refractivity contribution is -0.384. The Morgan fingerprint density at radius 2 is 2.28 bits per heavy atom. The summed E-state index contributed by atoms with van der Waals surface area (Å²) in [7, 11) is 0. The fourth-order valence-corrected chi connectivity index (χ4v) is 2.24. The van der Waals surface area contributed by atoms with Gasteiger partial charge < -0.3 is 5.32 Å². The van der Waals surface area contributed by atoms with E-state index in [1.165, 1.54) is 17.7 Å². The van der Waals surface area contributed by atoms with E-state index in [1.54, 1.807) is 6.20 Å². The topological polar surface area (TPSA) is 93.8 Å².